The van der Waals surface area contributed by atoms with E-state index in [0.29, 0.717) is 5.69 Å². The van der Waals surface area contributed by atoms with Crippen LogP contribution in [-0.2, 0) is 14.6 Å². The molecule has 0 heterocycles. The fourth-order valence-electron chi connectivity index (χ4n) is 1.68. The van der Waals surface area contributed by atoms with E-state index < -0.39 is 9.84 Å². The highest BCUT2D eigenvalue weighted by atomic mass is 79.9. The predicted molar refractivity (Wildman–Crippen MR) is 84.6 cm³/mol. The normalized spacial score (nSPS) is 13.2. The van der Waals surface area contributed by atoms with Crippen molar-refractivity contribution in [1.82, 2.24) is 4.90 Å². The van der Waals surface area contributed by atoms with E-state index in [0.717, 1.165) is 4.47 Å². The van der Waals surface area contributed by atoms with E-state index >= 15 is 0 Å². The maximum atomic E-state index is 11.9. The van der Waals surface area contributed by atoms with E-state index in [4.69, 9.17) is 0 Å². The third-order valence-electron chi connectivity index (χ3n) is 2.82. The minimum atomic E-state index is -3.05. The lowest BCUT2D eigenvalue weighted by atomic mass is 10.3. The highest BCUT2D eigenvalue weighted by molar-refractivity contribution is 9.10. The first-order chi connectivity index (χ1) is 9.17. The van der Waals surface area contributed by atoms with Gasteiger partial charge < -0.3 is 5.32 Å². The molecule has 1 aromatic carbocycles. The van der Waals surface area contributed by atoms with Gasteiger partial charge in [0.1, 0.15) is 9.84 Å². The lowest BCUT2D eigenvalue weighted by molar-refractivity contribution is -0.117. The summed E-state index contributed by atoms with van der Waals surface area (Å²) in [6.07, 6.45) is 1.19. The summed E-state index contributed by atoms with van der Waals surface area (Å²) in [6.45, 7) is 1.93. The minimum absolute atomic E-state index is 0.0368. The number of nitrogens with one attached hydrogen (secondary N) is 1. The number of halogens is 1. The maximum absolute atomic E-state index is 11.9. The molecule has 0 aromatic heterocycles. The van der Waals surface area contributed by atoms with Crippen molar-refractivity contribution in [2.24, 2.45) is 0 Å². The number of amides is 1. The van der Waals surface area contributed by atoms with Gasteiger partial charge in [0.15, 0.2) is 0 Å². The number of nitrogens with zero attached hydrogens (tertiary/aromatic N) is 1. The predicted octanol–water partition coefficient (Wildman–Crippen LogP) is 1.75. The van der Waals surface area contributed by atoms with Crippen LogP contribution in [0.2, 0.25) is 0 Å². The van der Waals surface area contributed by atoms with Gasteiger partial charge in [-0.2, -0.15) is 0 Å². The van der Waals surface area contributed by atoms with Crippen molar-refractivity contribution >= 4 is 37.4 Å². The van der Waals surface area contributed by atoms with Gasteiger partial charge >= 0.3 is 0 Å². The zero-order chi connectivity index (χ0) is 15.3. The van der Waals surface area contributed by atoms with Gasteiger partial charge in [0, 0.05) is 22.5 Å². The number of rotatable bonds is 6. The van der Waals surface area contributed by atoms with Crippen molar-refractivity contribution < 1.29 is 13.2 Å². The number of anilines is 1. The Kier molecular flexibility index (Phi) is 6.16. The molecule has 0 fully saturated rings. The number of likely N-dealkylation sites (N-methyl/N-ethyl adjacent to an activating group) is 1. The zero-order valence-corrected chi connectivity index (χ0v) is 14.2. The second-order valence-corrected chi connectivity index (χ2v) is 8.01. The minimum Gasteiger partial charge on any atom is -0.325 e. The third-order valence-corrected chi connectivity index (χ3v) is 4.43. The molecule has 0 saturated carbocycles. The molecule has 0 spiro atoms. The third kappa shape index (κ3) is 6.49. The molecular weight excluding hydrogens is 344 g/mol. The maximum Gasteiger partial charge on any atom is 0.238 e. The van der Waals surface area contributed by atoms with Crippen LogP contribution < -0.4 is 5.32 Å². The van der Waals surface area contributed by atoms with Crippen molar-refractivity contribution in [2.45, 2.75) is 13.0 Å². The molecule has 1 atom stereocenters. The smallest absolute Gasteiger partial charge is 0.238 e. The largest absolute Gasteiger partial charge is 0.325 e. The van der Waals surface area contributed by atoms with Crippen LogP contribution in [-0.4, -0.2) is 50.9 Å². The number of carbonyl (C=O) groups is 1. The first-order valence-electron chi connectivity index (χ1n) is 6.11. The summed E-state index contributed by atoms with van der Waals surface area (Å²) >= 11 is 3.32. The molecule has 1 rings (SSSR count). The Balaban J connectivity index is 2.51. The molecular formula is C13H19BrN2O3S. The summed E-state index contributed by atoms with van der Waals surface area (Å²) in [7, 11) is -1.31. The molecule has 0 saturated heterocycles. The van der Waals surface area contributed by atoms with Gasteiger partial charge in [-0.1, -0.05) is 15.9 Å². The second-order valence-electron chi connectivity index (χ2n) is 4.91. The Hall–Kier alpha value is -0.920. The number of sulfone groups is 1. The number of benzene rings is 1. The summed E-state index contributed by atoms with van der Waals surface area (Å²) in [5, 5.41) is 2.77. The highest BCUT2D eigenvalue weighted by Gasteiger charge is 2.17. The van der Waals surface area contributed by atoms with E-state index in [9.17, 15) is 13.2 Å². The Morgan fingerprint density at radius 1 is 1.35 bits per heavy atom. The summed E-state index contributed by atoms with van der Waals surface area (Å²) in [4.78, 5) is 13.6. The first kappa shape index (κ1) is 17.1. The van der Waals surface area contributed by atoms with Crippen LogP contribution in [0.1, 0.15) is 6.92 Å². The van der Waals surface area contributed by atoms with Gasteiger partial charge in [0.25, 0.3) is 0 Å². The van der Waals surface area contributed by atoms with Crippen LogP contribution in [0.25, 0.3) is 0 Å². The van der Waals surface area contributed by atoms with Crippen LogP contribution in [0.3, 0.4) is 0 Å². The molecule has 0 aliphatic rings. The summed E-state index contributed by atoms with van der Waals surface area (Å²) in [5.41, 5.74) is 0.711. The lowest BCUT2D eigenvalue weighted by Gasteiger charge is -2.23. The van der Waals surface area contributed by atoms with Crippen molar-refractivity contribution in [2.75, 3.05) is 30.9 Å². The van der Waals surface area contributed by atoms with E-state index in [-0.39, 0.29) is 24.2 Å². The van der Waals surface area contributed by atoms with Crippen LogP contribution in [0.15, 0.2) is 28.7 Å². The number of carbonyl (C=O) groups excluding carboxylic acids is 1. The molecule has 112 valence electrons. The van der Waals surface area contributed by atoms with Crippen LogP contribution in [0, 0.1) is 0 Å². The second kappa shape index (κ2) is 7.19. The van der Waals surface area contributed by atoms with Crippen LogP contribution in [0.5, 0.6) is 0 Å². The fourth-order valence-corrected chi connectivity index (χ4v) is 3.08. The highest BCUT2D eigenvalue weighted by Crippen LogP contribution is 2.14. The molecule has 1 aromatic rings. The van der Waals surface area contributed by atoms with Crippen LogP contribution in [0.4, 0.5) is 5.69 Å². The summed E-state index contributed by atoms with van der Waals surface area (Å²) in [6, 6.07) is 7.06. The molecule has 0 radical (unpaired) electrons. The van der Waals surface area contributed by atoms with Crippen molar-refractivity contribution in [1.29, 1.82) is 0 Å². The molecule has 1 unspecified atom stereocenters. The Morgan fingerprint density at radius 3 is 2.40 bits per heavy atom. The van der Waals surface area contributed by atoms with E-state index in [1.165, 1.54) is 6.26 Å². The van der Waals surface area contributed by atoms with Crippen molar-refractivity contribution in [3.63, 3.8) is 0 Å². The average molecular weight is 363 g/mol. The van der Waals surface area contributed by atoms with Gasteiger partial charge in [-0.05, 0) is 38.2 Å². The molecule has 0 aliphatic carbocycles. The standard InChI is InChI=1S/C13H19BrN2O3S/c1-10(9-20(3,18)19)16(2)8-13(17)15-12-6-4-11(14)5-7-12/h4-7,10H,8-9H2,1-3H3,(H,15,17). The monoisotopic (exact) mass is 362 g/mol. The van der Waals surface area contributed by atoms with Gasteiger partial charge in [0.2, 0.25) is 5.91 Å². The Labute approximate surface area is 128 Å². The lowest BCUT2D eigenvalue weighted by Crippen LogP contribution is -2.39. The average Bonchev–Trinajstić information content (AvgIpc) is 2.29. The molecule has 20 heavy (non-hydrogen) atoms. The van der Waals surface area contributed by atoms with E-state index in [1.54, 1.807) is 31.0 Å². The molecule has 1 N–H and O–H groups in total. The summed E-state index contributed by atoms with van der Waals surface area (Å²) in [5.74, 6) is -0.134. The number of hydrogen-bond donors (Lipinski definition) is 1. The fraction of sp³-hybridized carbons (Fsp3) is 0.462. The van der Waals surface area contributed by atoms with Crippen molar-refractivity contribution in [3.05, 3.63) is 28.7 Å². The van der Waals surface area contributed by atoms with Gasteiger partial charge in [-0.3, -0.25) is 9.69 Å². The Morgan fingerprint density at radius 2 is 1.90 bits per heavy atom. The zero-order valence-electron chi connectivity index (χ0n) is 11.8. The topological polar surface area (TPSA) is 66.5 Å². The van der Waals surface area contributed by atoms with E-state index in [2.05, 4.69) is 21.2 Å². The molecule has 0 bridgehead atoms. The van der Waals surface area contributed by atoms with Crippen LogP contribution >= 0.6 is 15.9 Å². The Bertz CT molecular complexity index is 557. The quantitative estimate of drug-likeness (QED) is 0.836. The van der Waals surface area contributed by atoms with Crippen molar-refractivity contribution in [3.8, 4) is 0 Å². The SMILES string of the molecule is CC(CS(C)(=O)=O)N(C)CC(=O)Nc1ccc(Br)cc1. The molecule has 7 heteroatoms. The molecule has 5 nitrogen and oxygen atoms in total. The van der Waals surface area contributed by atoms with Gasteiger partial charge in [-0.15, -0.1) is 0 Å². The van der Waals surface area contributed by atoms with E-state index in [1.807, 2.05) is 12.1 Å². The first-order valence-corrected chi connectivity index (χ1v) is 8.96. The molecule has 0 aliphatic heterocycles. The number of hydrogen-bond acceptors (Lipinski definition) is 4. The van der Waals surface area contributed by atoms with Gasteiger partial charge in [-0.25, -0.2) is 8.42 Å². The summed E-state index contributed by atoms with van der Waals surface area (Å²) < 4.78 is 23.4. The van der Waals surface area contributed by atoms with Gasteiger partial charge in [0.05, 0.1) is 12.3 Å². The molecule has 1 amide bonds.